The molecule has 0 spiro atoms. The first-order valence-corrected chi connectivity index (χ1v) is 8.29. The Labute approximate surface area is 124 Å². The Bertz CT molecular complexity index is 593. The maximum atomic E-state index is 6.23. The number of aromatic nitrogens is 3. The maximum absolute atomic E-state index is 6.23. The van der Waals surface area contributed by atoms with Crippen LogP contribution in [0, 0.1) is 0 Å². The van der Waals surface area contributed by atoms with E-state index in [1.807, 2.05) is 17.9 Å². The summed E-state index contributed by atoms with van der Waals surface area (Å²) in [5.41, 5.74) is 9.36. The molecule has 0 amide bonds. The largest absolute Gasteiger partial charge is 0.389 e. The Morgan fingerprint density at radius 1 is 1.35 bits per heavy atom. The quantitative estimate of drug-likeness (QED) is 0.937. The van der Waals surface area contributed by atoms with Crippen LogP contribution in [0.1, 0.15) is 55.6 Å². The van der Waals surface area contributed by atoms with Crippen molar-refractivity contribution in [1.82, 2.24) is 14.8 Å². The van der Waals surface area contributed by atoms with E-state index in [4.69, 9.17) is 10.7 Å². The molecular formula is C15H22N4S. The second kappa shape index (κ2) is 5.56. The van der Waals surface area contributed by atoms with E-state index in [0.717, 1.165) is 28.4 Å². The molecule has 2 aromatic rings. The predicted octanol–water partition coefficient (Wildman–Crippen LogP) is 3.74. The van der Waals surface area contributed by atoms with Crippen molar-refractivity contribution in [2.75, 3.05) is 5.73 Å². The average Bonchev–Trinajstić information content (AvgIpc) is 3.02. The fraction of sp³-hybridized carbons (Fsp3) is 0.600. The van der Waals surface area contributed by atoms with Gasteiger partial charge in [0, 0.05) is 24.7 Å². The van der Waals surface area contributed by atoms with Gasteiger partial charge in [-0.05, 0) is 19.3 Å². The fourth-order valence-corrected chi connectivity index (χ4v) is 4.08. The molecule has 108 valence electrons. The van der Waals surface area contributed by atoms with Crippen molar-refractivity contribution >= 4 is 16.3 Å². The first-order chi connectivity index (χ1) is 9.69. The van der Waals surface area contributed by atoms with Gasteiger partial charge in [0.15, 0.2) is 0 Å². The molecule has 0 unspecified atom stereocenters. The zero-order valence-electron chi connectivity index (χ0n) is 12.2. The van der Waals surface area contributed by atoms with Crippen molar-refractivity contribution in [3.05, 3.63) is 16.9 Å². The Morgan fingerprint density at radius 2 is 2.10 bits per heavy atom. The van der Waals surface area contributed by atoms with Crippen molar-refractivity contribution < 1.29 is 0 Å². The van der Waals surface area contributed by atoms with E-state index in [-0.39, 0.29) is 0 Å². The maximum Gasteiger partial charge on any atom is 0.114 e. The highest BCUT2D eigenvalue weighted by molar-refractivity contribution is 7.16. The molecule has 3 rings (SSSR count). The van der Waals surface area contributed by atoms with Crippen LogP contribution < -0.4 is 5.73 Å². The standard InChI is InChI=1S/C15H22N4S/c1-3-12-11(9-19(2)18-12)13-14(16)20-15(17-13)10-7-5-4-6-8-10/h9-10H,3-8,16H2,1-2H3. The van der Waals surface area contributed by atoms with E-state index >= 15 is 0 Å². The Balaban J connectivity index is 1.95. The number of hydrogen-bond donors (Lipinski definition) is 1. The lowest BCUT2D eigenvalue weighted by atomic mass is 9.90. The van der Waals surface area contributed by atoms with E-state index in [1.165, 1.54) is 37.1 Å². The number of thiazole rings is 1. The first kappa shape index (κ1) is 13.6. The monoisotopic (exact) mass is 290 g/mol. The SMILES string of the molecule is CCc1nn(C)cc1-c1nc(C2CCCCC2)sc1N. The lowest BCUT2D eigenvalue weighted by molar-refractivity contribution is 0.442. The topological polar surface area (TPSA) is 56.7 Å². The van der Waals surface area contributed by atoms with Crippen molar-refractivity contribution in [3.8, 4) is 11.3 Å². The molecular weight excluding hydrogens is 268 g/mol. The van der Waals surface area contributed by atoms with Gasteiger partial charge in [-0.3, -0.25) is 4.68 Å². The minimum atomic E-state index is 0.617. The second-order valence-electron chi connectivity index (χ2n) is 5.62. The number of nitrogens with zero attached hydrogens (tertiary/aromatic N) is 3. The number of nitrogen functional groups attached to an aromatic ring is 1. The molecule has 2 aromatic heterocycles. The van der Waals surface area contributed by atoms with Crippen LogP contribution >= 0.6 is 11.3 Å². The first-order valence-electron chi connectivity index (χ1n) is 7.48. The van der Waals surface area contributed by atoms with E-state index in [0.29, 0.717) is 5.92 Å². The molecule has 1 aliphatic rings. The number of nitrogens with two attached hydrogens (primary N) is 1. The fourth-order valence-electron chi connectivity index (χ4n) is 3.06. The predicted molar refractivity (Wildman–Crippen MR) is 83.9 cm³/mol. The summed E-state index contributed by atoms with van der Waals surface area (Å²) in [6.45, 7) is 2.12. The van der Waals surface area contributed by atoms with Gasteiger partial charge in [0.05, 0.1) is 10.7 Å². The van der Waals surface area contributed by atoms with Crippen molar-refractivity contribution in [3.63, 3.8) is 0 Å². The molecule has 2 heterocycles. The Kier molecular flexibility index (Phi) is 3.78. The molecule has 4 nitrogen and oxygen atoms in total. The summed E-state index contributed by atoms with van der Waals surface area (Å²) in [5.74, 6) is 0.617. The molecule has 0 atom stereocenters. The lowest BCUT2D eigenvalue weighted by Crippen LogP contribution is -2.03. The number of hydrogen-bond acceptors (Lipinski definition) is 4. The van der Waals surface area contributed by atoms with Gasteiger partial charge in [-0.2, -0.15) is 5.10 Å². The molecule has 0 saturated heterocycles. The third kappa shape index (κ3) is 2.46. The van der Waals surface area contributed by atoms with Crippen LogP contribution in [0.3, 0.4) is 0 Å². The molecule has 20 heavy (non-hydrogen) atoms. The van der Waals surface area contributed by atoms with Crippen LogP contribution in [0.2, 0.25) is 0 Å². The molecule has 1 aliphatic carbocycles. The Hall–Kier alpha value is -1.36. The zero-order chi connectivity index (χ0) is 14.1. The summed E-state index contributed by atoms with van der Waals surface area (Å²) in [4.78, 5) is 4.87. The van der Waals surface area contributed by atoms with Crippen LogP contribution in [0.4, 0.5) is 5.00 Å². The van der Waals surface area contributed by atoms with E-state index in [2.05, 4.69) is 12.0 Å². The van der Waals surface area contributed by atoms with Gasteiger partial charge in [0.1, 0.15) is 10.7 Å². The van der Waals surface area contributed by atoms with Gasteiger partial charge in [0.2, 0.25) is 0 Å². The molecule has 5 heteroatoms. The van der Waals surface area contributed by atoms with Gasteiger partial charge in [-0.15, -0.1) is 11.3 Å². The third-order valence-corrected chi connectivity index (χ3v) is 5.17. The van der Waals surface area contributed by atoms with Crippen molar-refractivity contribution in [1.29, 1.82) is 0 Å². The van der Waals surface area contributed by atoms with Gasteiger partial charge in [0.25, 0.3) is 0 Å². The summed E-state index contributed by atoms with van der Waals surface area (Å²) < 4.78 is 1.85. The summed E-state index contributed by atoms with van der Waals surface area (Å²) in [6.07, 6.45) is 9.49. The Morgan fingerprint density at radius 3 is 2.80 bits per heavy atom. The third-order valence-electron chi connectivity index (χ3n) is 4.12. The van der Waals surface area contributed by atoms with Crippen LogP contribution in [-0.4, -0.2) is 14.8 Å². The number of aryl methyl sites for hydroxylation is 2. The molecule has 1 saturated carbocycles. The zero-order valence-corrected chi connectivity index (χ0v) is 13.0. The van der Waals surface area contributed by atoms with E-state index in [1.54, 1.807) is 11.3 Å². The minimum Gasteiger partial charge on any atom is -0.389 e. The highest BCUT2D eigenvalue weighted by Gasteiger charge is 2.22. The van der Waals surface area contributed by atoms with Gasteiger partial charge in [-0.1, -0.05) is 26.2 Å². The van der Waals surface area contributed by atoms with Crippen LogP contribution in [0.25, 0.3) is 11.3 Å². The highest BCUT2D eigenvalue weighted by atomic mass is 32.1. The van der Waals surface area contributed by atoms with E-state index < -0.39 is 0 Å². The van der Waals surface area contributed by atoms with Gasteiger partial charge in [-0.25, -0.2) is 4.98 Å². The van der Waals surface area contributed by atoms with Crippen LogP contribution in [-0.2, 0) is 13.5 Å². The summed E-state index contributed by atoms with van der Waals surface area (Å²) in [6, 6.07) is 0. The van der Waals surface area contributed by atoms with Gasteiger partial charge < -0.3 is 5.73 Å². The van der Waals surface area contributed by atoms with Crippen LogP contribution in [0.15, 0.2) is 6.20 Å². The smallest absolute Gasteiger partial charge is 0.114 e. The molecule has 0 aromatic carbocycles. The summed E-state index contributed by atoms with van der Waals surface area (Å²) in [7, 11) is 1.95. The molecule has 0 bridgehead atoms. The summed E-state index contributed by atoms with van der Waals surface area (Å²) in [5, 5.41) is 6.56. The molecule has 2 N–H and O–H groups in total. The number of rotatable bonds is 3. The normalized spacial score (nSPS) is 16.7. The van der Waals surface area contributed by atoms with Crippen LogP contribution in [0.5, 0.6) is 0 Å². The molecule has 0 radical (unpaired) electrons. The highest BCUT2D eigenvalue weighted by Crippen LogP contribution is 2.40. The average molecular weight is 290 g/mol. The van der Waals surface area contributed by atoms with E-state index in [9.17, 15) is 0 Å². The van der Waals surface area contributed by atoms with Crippen molar-refractivity contribution in [2.45, 2.75) is 51.4 Å². The van der Waals surface area contributed by atoms with Crippen molar-refractivity contribution in [2.24, 2.45) is 7.05 Å². The summed E-state index contributed by atoms with van der Waals surface area (Å²) >= 11 is 1.67. The molecule has 0 aliphatic heterocycles. The second-order valence-corrected chi connectivity index (χ2v) is 6.68. The molecule has 1 fully saturated rings. The van der Waals surface area contributed by atoms with Gasteiger partial charge >= 0.3 is 0 Å². The minimum absolute atomic E-state index is 0.617. The number of anilines is 1. The lowest BCUT2D eigenvalue weighted by Gasteiger charge is -2.18.